The SMILES string of the molecule is CCc1cnc(C(C)NC(=O)c2cn(CCN)cn2)s1. The van der Waals surface area contributed by atoms with Crippen LogP contribution in [-0.2, 0) is 13.0 Å². The highest BCUT2D eigenvalue weighted by Crippen LogP contribution is 2.20. The molecule has 2 aromatic rings. The molecule has 2 aromatic heterocycles. The van der Waals surface area contributed by atoms with Crippen molar-refractivity contribution >= 4 is 17.2 Å². The van der Waals surface area contributed by atoms with Crippen LogP contribution in [0.5, 0.6) is 0 Å². The van der Waals surface area contributed by atoms with Crippen molar-refractivity contribution in [3.8, 4) is 0 Å². The minimum Gasteiger partial charge on any atom is -0.342 e. The van der Waals surface area contributed by atoms with E-state index in [0.29, 0.717) is 18.8 Å². The Morgan fingerprint density at radius 1 is 1.55 bits per heavy atom. The zero-order valence-corrected chi connectivity index (χ0v) is 12.5. The summed E-state index contributed by atoms with van der Waals surface area (Å²) >= 11 is 1.62. The van der Waals surface area contributed by atoms with Gasteiger partial charge >= 0.3 is 0 Å². The van der Waals surface area contributed by atoms with Gasteiger partial charge in [0.15, 0.2) is 0 Å². The second-order valence-electron chi connectivity index (χ2n) is 4.50. The molecule has 0 aliphatic heterocycles. The van der Waals surface area contributed by atoms with Crippen molar-refractivity contribution in [1.82, 2.24) is 19.9 Å². The molecule has 20 heavy (non-hydrogen) atoms. The summed E-state index contributed by atoms with van der Waals surface area (Å²) < 4.78 is 1.80. The van der Waals surface area contributed by atoms with Crippen molar-refractivity contribution in [2.45, 2.75) is 32.9 Å². The molecule has 2 rings (SSSR count). The summed E-state index contributed by atoms with van der Waals surface area (Å²) in [4.78, 5) is 21.7. The molecule has 6 nitrogen and oxygen atoms in total. The van der Waals surface area contributed by atoms with Gasteiger partial charge in [0.25, 0.3) is 5.91 Å². The van der Waals surface area contributed by atoms with Crippen molar-refractivity contribution < 1.29 is 4.79 Å². The van der Waals surface area contributed by atoms with Crippen LogP contribution >= 0.6 is 11.3 Å². The van der Waals surface area contributed by atoms with E-state index in [4.69, 9.17) is 5.73 Å². The average Bonchev–Trinajstić information content (AvgIpc) is 3.07. The molecule has 0 saturated carbocycles. The van der Waals surface area contributed by atoms with Gasteiger partial charge in [-0.05, 0) is 13.3 Å². The number of rotatable bonds is 6. The Balaban J connectivity index is 1.99. The number of nitrogens with zero attached hydrogens (tertiary/aromatic N) is 3. The predicted molar refractivity (Wildman–Crippen MR) is 78.7 cm³/mol. The molecule has 0 aliphatic rings. The van der Waals surface area contributed by atoms with Gasteiger partial charge in [0.1, 0.15) is 10.7 Å². The number of thiazole rings is 1. The lowest BCUT2D eigenvalue weighted by molar-refractivity contribution is 0.0935. The Hall–Kier alpha value is -1.73. The first-order valence-corrected chi connectivity index (χ1v) is 7.43. The molecule has 2 heterocycles. The lowest BCUT2D eigenvalue weighted by Gasteiger charge is -2.09. The first-order chi connectivity index (χ1) is 9.63. The minimum atomic E-state index is -0.193. The fraction of sp³-hybridized carbons (Fsp3) is 0.462. The van der Waals surface area contributed by atoms with E-state index in [-0.39, 0.29) is 11.9 Å². The Kier molecular flexibility index (Phi) is 4.86. The van der Waals surface area contributed by atoms with Crippen molar-refractivity contribution in [3.05, 3.63) is 34.3 Å². The number of hydrogen-bond acceptors (Lipinski definition) is 5. The van der Waals surface area contributed by atoms with Crippen LogP contribution in [-0.4, -0.2) is 27.0 Å². The van der Waals surface area contributed by atoms with Crippen molar-refractivity contribution in [1.29, 1.82) is 0 Å². The summed E-state index contributed by atoms with van der Waals surface area (Å²) in [6.07, 6.45) is 6.14. The van der Waals surface area contributed by atoms with Gasteiger partial charge in [0.2, 0.25) is 0 Å². The van der Waals surface area contributed by atoms with Crippen molar-refractivity contribution in [2.75, 3.05) is 6.54 Å². The van der Waals surface area contributed by atoms with Gasteiger partial charge in [0, 0.05) is 30.4 Å². The fourth-order valence-electron chi connectivity index (χ4n) is 1.77. The first-order valence-electron chi connectivity index (χ1n) is 6.61. The second kappa shape index (κ2) is 6.62. The zero-order chi connectivity index (χ0) is 14.5. The predicted octanol–water partition coefficient (Wildman–Crippen LogP) is 1.35. The molecule has 1 unspecified atom stereocenters. The summed E-state index contributed by atoms with van der Waals surface area (Å²) in [5, 5.41) is 3.82. The van der Waals surface area contributed by atoms with Crippen LogP contribution in [0.2, 0.25) is 0 Å². The van der Waals surface area contributed by atoms with Gasteiger partial charge in [0.05, 0.1) is 12.4 Å². The third-order valence-electron chi connectivity index (χ3n) is 2.89. The van der Waals surface area contributed by atoms with Gasteiger partial charge < -0.3 is 15.6 Å². The number of aryl methyl sites for hydroxylation is 1. The molecule has 0 bridgehead atoms. The minimum absolute atomic E-state index is 0.118. The number of hydrogen-bond donors (Lipinski definition) is 2. The second-order valence-corrected chi connectivity index (χ2v) is 5.65. The molecule has 0 aromatic carbocycles. The number of nitrogens with two attached hydrogens (primary N) is 1. The number of carbonyl (C=O) groups is 1. The fourth-order valence-corrected chi connectivity index (χ4v) is 2.63. The molecule has 0 aliphatic carbocycles. The normalized spacial score (nSPS) is 12.3. The molecule has 1 amide bonds. The lowest BCUT2D eigenvalue weighted by Crippen LogP contribution is -2.26. The standard InChI is InChI=1S/C13H19N5OS/c1-3-10-6-15-13(20-10)9(2)17-12(19)11-7-18(5-4-14)8-16-11/h6-9H,3-5,14H2,1-2H3,(H,17,19). The number of aromatic nitrogens is 3. The zero-order valence-electron chi connectivity index (χ0n) is 11.7. The maximum atomic E-state index is 12.1. The Bertz CT molecular complexity index is 577. The topological polar surface area (TPSA) is 85.8 Å². The highest BCUT2D eigenvalue weighted by atomic mass is 32.1. The molecule has 7 heteroatoms. The van der Waals surface area contributed by atoms with Crippen molar-refractivity contribution in [2.24, 2.45) is 5.73 Å². The summed E-state index contributed by atoms with van der Waals surface area (Å²) in [6, 6.07) is -0.118. The molecular weight excluding hydrogens is 274 g/mol. The quantitative estimate of drug-likeness (QED) is 0.842. The van der Waals surface area contributed by atoms with Crippen LogP contribution in [0.1, 0.15) is 40.3 Å². The van der Waals surface area contributed by atoms with Crippen LogP contribution < -0.4 is 11.1 Å². The summed E-state index contributed by atoms with van der Waals surface area (Å²) in [5.74, 6) is -0.193. The molecule has 1 atom stereocenters. The van der Waals surface area contributed by atoms with Crippen LogP contribution in [0.25, 0.3) is 0 Å². The van der Waals surface area contributed by atoms with E-state index < -0.39 is 0 Å². The Labute approximate surface area is 122 Å². The van der Waals surface area contributed by atoms with E-state index in [1.807, 2.05) is 13.1 Å². The number of nitrogens with one attached hydrogen (secondary N) is 1. The number of imidazole rings is 1. The third-order valence-corrected chi connectivity index (χ3v) is 4.22. The summed E-state index contributed by atoms with van der Waals surface area (Å²) in [5.41, 5.74) is 5.86. The number of carbonyl (C=O) groups excluding carboxylic acids is 1. The summed E-state index contributed by atoms with van der Waals surface area (Å²) in [6.45, 7) is 5.19. The van der Waals surface area contributed by atoms with E-state index in [9.17, 15) is 4.79 Å². The molecule has 0 spiro atoms. The molecule has 0 fully saturated rings. The van der Waals surface area contributed by atoms with E-state index >= 15 is 0 Å². The summed E-state index contributed by atoms with van der Waals surface area (Å²) in [7, 11) is 0. The van der Waals surface area contributed by atoms with Gasteiger partial charge in [-0.3, -0.25) is 4.79 Å². The highest BCUT2D eigenvalue weighted by Gasteiger charge is 2.16. The number of amides is 1. The van der Waals surface area contributed by atoms with E-state index in [0.717, 1.165) is 11.4 Å². The van der Waals surface area contributed by atoms with E-state index in [1.165, 1.54) is 4.88 Å². The Morgan fingerprint density at radius 3 is 3.00 bits per heavy atom. The maximum Gasteiger partial charge on any atom is 0.272 e. The van der Waals surface area contributed by atoms with Gasteiger partial charge in [-0.25, -0.2) is 9.97 Å². The van der Waals surface area contributed by atoms with Gasteiger partial charge in [-0.1, -0.05) is 6.92 Å². The van der Waals surface area contributed by atoms with Crippen LogP contribution in [0.3, 0.4) is 0 Å². The van der Waals surface area contributed by atoms with Crippen molar-refractivity contribution in [3.63, 3.8) is 0 Å². The average molecular weight is 293 g/mol. The Morgan fingerprint density at radius 2 is 2.35 bits per heavy atom. The maximum absolute atomic E-state index is 12.1. The molecule has 3 N–H and O–H groups in total. The van der Waals surface area contributed by atoms with Crippen LogP contribution in [0.15, 0.2) is 18.7 Å². The first kappa shape index (κ1) is 14.7. The third kappa shape index (κ3) is 3.43. The monoisotopic (exact) mass is 293 g/mol. The lowest BCUT2D eigenvalue weighted by atomic mass is 10.3. The molecule has 0 radical (unpaired) electrons. The molecule has 0 saturated heterocycles. The van der Waals surface area contributed by atoms with Crippen LogP contribution in [0, 0.1) is 0 Å². The van der Waals surface area contributed by atoms with E-state index in [1.54, 1.807) is 28.4 Å². The largest absolute Gasteiger partial charge is 0.342 e. The molecule has 108 valence electrons. The highest BCUT2D eigenvalue weighted by molar-refractivity contribution is 7.11. The van der Waals surface area contributed by atoms with Gasteiger partial charge in [-0.15, -0.1) is 11.3 Å². The smallest absolute Gasteiger partial charge is 0.272 e. The van der Waals surface area contributed by atoms with Crippen LogP contribution in [0.4, 0.5) is 0 Å². The molecular formula is C13H19N5OS. The van der Waals surface area contributed by atoms with E-state index in [2.05, 4.69) is 22.2 Å². The van der Waals surface area contributed by atoms with Gasteiger partial charge in [-0.2, -0.15) is 0 Å².